The summed E-state index contributed by atoms with van der Waals surface area (Å²) in [7, 11) is 0. The van der Waals surface area contributed by atoms with Crippen LogP contribution in [-0.4, -0.2) is 70.9 Å². The van der Waals surface area contributed by atoms with Gasteiger partial charge in [-0.15, -0.1) is 0 Å². The highest BCUT2D eigenvalue weighted by atomic mass is 32.2. The summed E-state index contributed by atoms with van der Waals surface area (Å²) in [6.07, 6.45) is 2.00. The van der Waals surface area contributed by atoms with E-state index in [0.717, 1.165) is 5.56 Å². The van der Waals surface area contributed by atoms with E-state index in [1.54, 1.807) is 0 Å². The minimum absolute atomic E-state index is 0.0925. The number of primary amides is 1. The number of amides is 4. The van der Waals surface area contributed by atoms with Gasteiger partial charge in [-0.25, -0.2) is 4.79 Å². The van der Waals surface area contributed by atoms with Gasteiger partial charge in [0.1, 0.15) is 18.1 Å². The van der Waals surface area contributed by atoms with Crippen LogP contribution >= 0.6 is 11.8 Å². The Kier molecular flexibility index (Phi) is 12.7. The number of nitrogens with one attached hydrogen (secondary N) is 3. The number of aliphatic carboxylic acids is 1. The van der Waals surface area contributed by atoms with Crippen LogP contribution in [0.2, 0.25) is 0 Å². The number of hydrogen-bond acceptors (Lipinski definition) is 7. The second-order valence-corrected chi connectivity index (χ2v) is 8.76. The molecule has 1 aromatic carbocycles. The number of carbonyl (C=O) groups is 5. The van der Waals surface area contributed by atoms with Crippen molar-refractivity contribution in [2.45, 2.75) is 56.8 Å². The fourth-order valence-electron chi connectivity index (χ4n) is 2.96. The van der Waals surface area contributed by atoms with Crippen LogP contribution in [0.25, 0.3) is 0 Å². The Morgan fingerprint density at radius 1 is 0.941 bits per heavy atom. The van der Waals surface area contributed by atoms with Crippen molar-refractivity contribution in [1.82, 2.24) is 16.0 Å². The number of rotatable bonds is 15. The molecule has 0 aromatic heterocycles. The van der Waals surface area contributed by atoms with Gasteiger partial charge >= 0.3 is 5.97 Å². The third-order valence-electron chi connectivity index (χ3n) is 4.92. The number of carboxylic acid groups (broad SMARTS) is 1. The van der Waals surface area contributed by atoms with Gasteiger partial charge in [0, 0.05) is 6.42 Å². The van der Waals surface area contributed by atoms with Crippen molar-refractivity contribution >= 4 is 41.4 Å². The van der Waals surface area contributed by atoms with Crippen LogP contribution in [-0.2, 0) is 30.4 Å². The minimum Gasteiger partial charge on any atom is -0.480 e. The maximum absolute atomic E-state index is 12.8. The van der Waals surface area contributed by atoms with E-state index in [1.807, 2.05) is 36.6 Å². The smallest absolute Gasteiger partial charge is 0.326 e. The topological polar surface area (TPSA) is 194 Å². The largest absolute Gasteiger partial charge is 0.480 e. The predicted molar refractivity (Wildman–Crippen MR) is 129 cm³/mol. The summed E-state index contributed by atoms with van der Waals surface area (Å²) in [6.45, 7) is 1.38. The normalized spacial score (nSPS) is 14.2. The average Bonchev–Trinajstić information content (AvgIpc) is 2.79. The Balaban J connectivity index is 2.78. The van der Waals surface area contributed by atoms with E-state index < -0.39 is 53.8 Å². The lowest BCUT2D eigenvalue weighted by Gasteiger charge is -2.23. The number of nitrogens with two attached hydrogens (primary N) is 2. The van der Waals surface area contributed by atoms with Crippen LogP contribution < -0.4 is 27.4 Å². The molecule has 12 heteroatoms. The molecular formula is C22H33N5O6S. The molecule has 4 unspecified atom stereocenters. The van der Waals surface area contributed by atoms with Crippen LogP contribution in [0.1, 0.15) is 31.7 Å². The Labute approximate surface area is 202 Å². The molecule has 1 rings (SSSR count). The first-order chi connectivity index (χ1) is 16.0. The van der Waals surface area contributed by atoms with Crippen molar-refractivity contribution in [2.24, 2.45) is 11.5 Å². The van der Waals surface area contributed by atoms with Crippen molar-refractivity contribution in [3.8, 4) is 0 Å². The number of thioether (sulfide) groups is 1. The van der Waals surface area contributed by atoms with Gasteiger partial charge < -0.3 is 32.5 Å². The zero-order chi connectivity index (χ0) is 25.7. The Hall–Kier alpha value is -3.12. The molecule has 4 atom stereocenters. The van der Waals surface area contributed by atoms with Crippen LogP contribution in [0.15, 0.2) is 30.3 Å². The quantitative estimate of drug-likeness (QED) is 0.181. The molecular weight excluding hydrogens is 462 g/mol. The summed E-state index contributed by atoms with van der Waals surface area (Å²) in [5.41, 5.74) is 12.0. The minimum atomic E-state index is -1.18. The molecule has 4 amide bonds. The first-order valence-corrected chi connectivity index (χ1v) is 12.1. The number of carboxylic acids is 1. The summed E-state index contributed by atoms with van der Waals surface area (Å²) in [4.78, 5) is 60.3. The average molecular weight is 496 g/mol. The molecule has 8 N–H and O–H groups in total. The third-order valence-corrected chi connectivity index (χ3v) is 5.57. The molecule has 0 saturated carbocycles. The van der Waals surface area contributed by atoms with E-state index in [-0.39, 0.29) is 25.7 Å². The third kappa shape index (κ3) is 10.7. The van der Waals surface area contributed by atoms with Gasteiger partial charge in [-0.2, -0.15) is 11.8 Å². The standard InChI is InChI=1S/C22H33N5O6S/c1-13(19(29)27-17(22(32)33)10-11-34-2)25-21(31)16(8-9-18(24)28)26-20(30)15(23)12-14-6-4-3-5-7-14/h3-7,13,15-17H,8-12,23H2,1-2H3,(H2,24,28)(H,25,31)(H,26,30)(H,27,29)(H,32,33). The summed E-state index contributed by atoms with van der Waals surface area (Å²) in [5.74, 6) is -3.33. The van der Waals surface area contributed by atoms with Gasteiger partial charge in [-0.3, -0.25) is 19.2 Å². The van der Waals surface area contributed by atoms with Crippen LogP contribution in [0.4, 0.5) is 0 Å². The lowest BCUT2D eigenvalue weighted by atomic mass is 10.0. The maximum atomic E-state index is 12.8. The zero-order valence-corrected chi connectivity index (χ0v) is 20.1. The molecule has 0 aliphatic rings. The SMILES string of the molecule is CSCCC(NC(=O)C(C)NC(=O)C(CCC(N)=O)NC(=O)C(N)Cc1ccccc1)C(=O)O. The summed E-state index contributed by atoms with van der Waals surface area (Å²) < 4.78 is 0. The van der Waals surface area contributed by atoms with Crippen molar-refractivity contribution in [3.63, 3.8) is 0 Å². The molecule has 0 fully saturated rings. The fraction of sp³-hybridized carbons (Fsp3) is 0.500. The predicted octanol–water partition coefficient (Wildman–Crippen LogP) is -0.866. The lowest BCUT2D eigenvalue weighted by molar-refractivity contribution is -0.142. The zero-order valence-electron chi connectivity index (χ0n) is 19.3. The van der Waals surface area contributed by atoms with Crippen molar-refractivity contribution in [2.75, 3.05) is 12.0 Å². The van der Waals surface area contributed by atoms with E-state index in [0.29, 0.717) is 5.75 Å². The lowest BCUT2D eigenvalue weighted by Crippen LogP contribution is -2.56. The van der Waals surface area contributed by atoms with E-state index >= 15 is 0 Å². The molecule has 188 valence electrons. The molecule has 0 bridgehead atoms. The van der Waals surface area contributed by atoms with Gasteiger partial charge in [0.25, 0.3) is 0 Å². The van der Waals surface area contributed by atoms with Crippen molar-refractivity contribution in [1.29, 1.82) is 0 Å². The second kappa shape index (κ2) is 14.9. The summed E-state index contributed by atoms with van der Waals surface area (Å²) >= 11 is 1.44. The Morgan fingerprint density at radius 2 is 1.56 bits per heavy atom. The van der Waals surface area contributed by atoms with Crippen LogP contribution in [0, 0.1) is 0 Å². The molecule has 0 heterocycles. The highest BCUT2D eigenvalue weighted by Gasteiger charge is 2.28. The van der Waals surface area contributed by atoms with Crippen LogP contribution in [0.5, 0.6) is 0 Å². The number of hydrogen-bond donors (Lipinski definition) is 6. The molecule has 0 radical (unpaired) electrons. The Bertz CT molecular complexity index is 853. The molecule has 0 spiro atoms. The molecule has 1 aromatic rings. The van der Waals surface area contributed by atoms with E-state index in [4.69, 9.17) is 11.5 Å². The Morgan fingerprint density at radius 3 is 2.12 bits per heavy atom. The number of carbonyl (C=O) groups excluding carboxylic acids is 4. The molecule has 11 nitrogen and oxygen atoms in total. The van der Waals surface area contributed by atoms with Gasteiger partial charge in [0.2, 0.25) is 23.6 Å². The van der Waals surface area contributed by atoms with E-state index in [1.165, 1.54) is 18.7 Å². The molecule has 0 aliphatic carbocycles. The van der Waals surface area contributed by atoms with Gasteiger partial charge in [-0.1, -0.05) is 30.3 Å². The molecule has 0 aliphatic heterocycles. The van der Waals surface area contributed by atoms with Gasteiger partial charge in [0.05, 0.1) is 6.04 Å². The van der Waals surface area contributed by atoms with Crippen molar-refractivity contribution < 1.29 is 29.1 Å². The first kappa shape index (κ1) is 28.9. The van der Waals surface area contributed by atoms with Crippen LogP contribution in [0.3, 0.4) is 0 Å². The maximum Gasteiger partial charge on any atom is 0.326 e. The fourth-order valence-corrected chi connectivity index (χ4v) is 3.44. The second-order valence-electron chi connectivity index (χ2n) is 7.77. The van der Waals surface area contributed by atoms with Gasteiger partial charge in [0.15, 0.2) is 0 Å². The molecule has 0 saturated heterocycles. The summed E-state index contributed by atoms with van der Waals surface area (Å²) in [5, 5.41) is 16.6. The highest BCUT2D eigenvalue weighted by molar-refractivity contribution is 7.98. The first-order valence-electron chi connectivity index (χ1n) is 10.8. The highest BCUT2D eigenvalue weighted by Crippen LogP contribution is 2.05. The summed E-state index contributed by atoms with van der Waals surface area (Å²) in [6, 6.07) is 4.79. The number of benzene rings is 1. The monoisotopic (exact) mass is 495 g/mol. The van der Waals surface area contributed by atoms with E-state index in [2.05, 4.69) is 16.0 Å². The van der Waals surface area contributed by atoms with Crippen molar-refractivity contribution in [3.05, 3.63) is 35.9 Å². The molecule has 34 heavy (non-hydrogen) atoms. The van der Waals surface area contributed by atoms with Gasteiger partial charge in [-0.05, 0) is 43.8 Å². The van der Waals surface area contributed by atoms with E-state index in [9.17, 15) is 29.1 Å².